The molecule has 5 nitrogen and oxygen atoms in total. The monoisotopic (exact) mass is 342 g/mol. The molecule has 23 heavy (non-hydrogen) atoms. The minimum Gasteiger partial charge on any atom is -0.494 e. The number of nitrogens with zero attached hydrogens (tertiary/aromatic N) is 2. The quantitative estimate of drug-likeness (QED) is 0.843. The average Bonchev–Trinajstić information content (AvgIpc) is 2.74. The summed E-state index contributed by atoms with van der Waals surface area (Å²) in [5.41, 5.74) is 0.118. The number of rotatable bonds is 3. The molecule has 2 heterocycles. The SMILES string of the molecule is COc1ccc(S(=O)(=O)N2CCC3CCC(C2)N3C)c(C)c1F. The van der Waals surface area contributed by atoms with Crippen molar-refractivity contribution in [3.63, 3.8) is 0 Å². The van der Waals surface area contributed by atoms with E-state index in [1.165, 1.54) is 30.5 Å². The van der Waals surface area contributed by atoms with E-state index in [9.17, 15) is 12.8 Å². The molecule has 2 fully saturated rings. The zero-order chi connectivity index (χ0) is 16.8. The first-order chi connectivity index (χ1) is 10.9. The summed E-state index contributed by atoms with van der Waals surface area (Å²) >= 11 is 0. The van der Waals surface area contributed by atoms with Gasteiger partial charge in [-0.1, -0.05) is 0 Å². The maximum absolute atomic E-state index is 14.2. The Morgan fingerprint density at radius 3 is 2.61 bits per heavy atom. The Labute approximate surface area is 137 Å². The molecule has 1 aromatic rings. The summed E-state index contributed by atoms with van der Waals surface area (Å²) in [6.07, 6.45) is 2.97. The number of ether oxygens (including phenoxy) is 1. The number of methoxy groups -OCH3 is 1. The Bertz CT molecular complexity index is 708. The molecule has 2 aliphatic rings. The van der Waals surface area contributed by atoms with E-state index in [0.717, 1.165) is 19.3 Å². The third-order valence-corrected chi connectivity index (χ3v) is 7.26. The lowest BCUT2D eigenvalue weighted by Crippen LogP contribution is -2.39. The van der Waals surface area contributed by atoms with E-state index < -0.39 is 15.8 Å². The summed E-state index contributed by atoms with van der Waals surface area (Å²) in [4.78, 5) is 2.33. The molecule has 2 unspecified atom stereocenters. The number of benzene rings is 1. The predicted molar refractivity (Wildman–Crippen MR) is 85.6 cm³/mol. The van der Waals surface area contributed by atoms with E-state index in [0.29, 0.717) is 19.1 Å². The summed E-state index contributed by atoms with van der Waals surface area (Å²) in [7, 11) is -0.264. The lowest BCUT2D eigenvalue weighted by Gasteiger charge is -2.26. The van der Waals surface area contributed by atoms with Crippen molar-refractivity contribution >= 4 is 10.0 Å². The Morgan fingerprint density at radius 1 is 1.22 bits per heavy atom. The fraction of sp³-hybridized carbons (Fsp3) is 0.625. The zero-order valence-electron chi connectivity index (χ0n) is 13.8. The summed E-state index contributed by atoms with van der Waals surface area (Å²) < 4.78 is 46.7. The van der Waals surface area contributed by atoms with Crippen LogP contribution in [0.15, 0.2) is 17.0 Å². The number of sulfonamides is 1. The Morgan fingerprint density at radius 2 is 1.91 bits per heavy atom. The first kappa shape index (κ1) is 16.7. The zero-order valence-corrected chi connectivity index (χ0v) is 14.6. The van der Waals surface area contributed by atoms with Gasteiger partial charge < -0.3 is 4.74 Å². The molecular weight excluding hydrogens is 319 g/mol. The fourth-order valence-electron chi connectivity index (χ4n) is 3.71. The average molecular weight is 342 g/mol. The van der Waals surface area contributed by atoms with E-state index in [-0.39, 0.29) is 22.3 Å². The molecule has 2 aliphatic heterocycles. The lowest BCUT2D eigenvalue weighted by molar-refractivity contribution is 0.246. The highest BCUT2D eigenvalue weighted by molar-refractivity contribution is 7.89. The van der Waals surface area contributed by atoms with Gasteiger partial charge in [0.25, 0.3) is 0 Å². The maximum Gasteiger partial charge on any atom is 0.243 e. The van der Waals surface area contributed by atoms with Crippen molar-refractivity contribution in [2.24, 2.45) is 0 Å². The number of likely N-dealkylation sites (N-methyl/N-ethyl adjacent to an activating group) is 1. The molecule has 0 N–H and O–H groups in total. The van der Waals surface area contributed by atoms with Crippen LogP contribution in [0.3, 0.4) is 0 Å². The van der Waals surface area contributed by atoms with Crippen molar-refractivity contribution in [3.05, 3.63) is 23.5 Å². The molecule has 0 aromatic heterocycles. The Balaban J connectivity index is 1.94. The van der Waals surface area contributed by atoms with E-state index in [1.807, 2.05) is 0 Å². The van der Waals surface area contributed by atoms with Gasteiger partial charge in [0.1, 0.15) is 0 Å². The van der Waals surface area contributed by atoms with Crippen LogP contribution >= 0.6 is 0 Å². The fourth-order valence-corrected chi connectivity index (χ4v) is 5.42. The van der Waals surface area contributed by atoms with Crippen LogP contribution in [-0.4, -0.2) is 57.0 Å². The summed E-state index contributed by atoms with van der Waals surface area (Å²) in [5, 5.41) is 0. The van der Waals surface area contributed by atoms with Crippen molar-refractivity contribution in [3.8, 4) is 5.75 Å². The van der Waals surface area contributed by atoms with Gasteiger partial charge in [-0.15, -0.1) is 0 Å². The van der Waals surface area contributed by atoms with Crippen LogP contribution in [0.2, 0.25) is 0 Å². The molecule has 0 spiro atoms. The number of fused-ring (bicyclic) bond motifs is 2. The molecule has 3 rings (SSSR count). The van der Waals surface area contributed by atoms with Crippen LogP contribution in [0.5, 0.6) is 5.75 Å². The van der Waals surface area contributed by atoms with Gasteiger partial charge in [0.15, 0.2) is 11.6 Å². The second-order valence-corrected chi connectivity index (χ2v) is 8.31. The van der Waals surface area contributed by atoms with Crippen LogP contribution < -0.4 is 4.74 Å². The van der Waals surface area contributed by atoms with E-state index in [4.69, 9.17) is 4.74 Å². The molecular formula is C16H23FN2O3S. The van der Waals surface area contributed by atoms with Gasteiger partial charge in [0.2, 0.25) is 10.0 Å². The third kappa shape index (κ3) is 2.75. The second kappa shape index (κ2) is 6.03. The van der Waals surface area contributed by atoms with E-state index in [1.54, 1.807) is 0 Å². The third-order valence-electron chi connectivity index (χ3n) is 5.25. The van der Waals surface area contributed by atoms with Gasteiger partial charge in [0, 0.05) is 30.7 Å². The number of hydrogen-bond donors (Lipinski definition) is 0. The summed E-state index contributed by atoms with van der Waals surface area (Å²) in [6, 6.07) is 3.53. The highest BCUT2D eigenvalue weighted by Crippen LogP contribution is 2.33. The van der Waals surface area contributed by atoms with E-state index >= 15 is 0 Å². The highest BCUT2D eigenvalue weighted by atomic mass is 32.2. The highest BCUT2D eigenvalue weighted by Gasteiger charge is 2.39. The van der Waals surface area contributed by atoms with Crippen molar-refractivity contribution < 1.29 is 17.5 Å². The normalized spacial score (nSPS) is 26.3. The Kier molecular flexibility index (Phi) is 4.37. The van der Waals surface area contributed by atoms with Gasteiger partial charge >= 0.3 is 0 Å². The first-order valence-corrected chi connectivity index (χ1v) is 9.35. The number of hydrogen-bond acceptors (Lipinski definition) is 4. The molecule has 2 bridgehead atoms. The van der Waals surface area contributed by atoms with Crippen LogP contribution in [0.25, 0.3) is 0 Å². The molecule has 0 amide bonds. The molecule has 2 atom stereocenters. The molecule has 128 valence electrons. The van der Waals surface area contributed by atoms with Gasteiger partial charge in [-0.05, 0) is 45.4 Å². The molecule has 1 aromatic carbocycles. The van der Waals surface area contributed by atoms with Gasteiger partial charge in [-0.25, -0.2) is 12.8 Å². The minimum absolute atomic E-state index is 0.0382. The summed E-state index contributed by atoms with van der Waals surface area (Å²) in [6.45, 7) is 2.45. The van der Waals surface area contributed by atoms with Crippen molar-refractivity contribution in [1.82, 2.24) is 9.21 Å². The van der Waals surface area contributed by atoms with Crippen LogP contribution in [0.1, 0.15) is 24.8 Å². The molecule has 0 saturated carbocycles. The number of halogens is 1. The van der Waals surface area contributed by atoms with Crippen molar-refractivity contribution in [1.29, 1.82) is 0 Å². The van der Waals surface area contributed by atoms with Crippen LogP contribution in [0.4, 0.5) is 4.39 Å². The minimum atomic E-state index is -3.70. The van der Waals surface area contributed by atoms with Gasteiger partial charge in [-0.3, -0.25) is 4.90 Å². The van der Waals surface area contributed by atoms with Gasteiger partial charge in [-0.2, -0.15) is 4.31 Å². The van der Waals surface area contributed by atoms with Crippen LogP contribution in [0, 0.1) is 12.7 Å². The van der Waals surface area contributed by atoms with Crippen molar-refractivity contribution in [2.45, 2.75) is 43.2 Å². The molecule has 7 heteroatoms. The maximum atomic E-state index is 14.2. The molecule has 2 saturated heterocycles. The predicted octanol–water partition coefficient (Wildman–Crippen LogP) is 2.00. The second-order valence-electron chi connectivity index (χ2n) is 6.41. The van der Waals surface area contributed by atoms with E-state index in [2.05, 4.69) is 11.9 Å². The lowest BCUT2D eigenvalue weighted by atomic mass is 10.1. The molecule has 0 aliphatic carbocycles. The first-order valence-electron chi connectivity index (χ1n) is 7.91. The largest absolute Gasteiger partial charge is 0.494 e. The Hall–Kier alpha value is -1.18. The van der Waals surface area contributed by atoms with Crippen LogP contribution in [-0.2, 0) is 10.0 Å². The van der Waals surface area contributed by atoms with Gasteiger partial charge in [0.05, 0.1) is 12.0 Å². The summed E-state index contributed by atoms with van der Waals surface area (Å²) in [5.74, 6) is -0.543. The standard InChI is InChI=1S/C16H23FN2O3S/c1-11-15(7-6-14(22-3)16(11)17)23(20,21)19-9-8-12-4-5-13(10-19)18(12)2/h6-7,12-13H,4-5,8-10H2,1-3H3. The smallest absolute Gasteiger partial charge is 0.243 e. The topological polar surface area (TPSA) is 49.9 Å². The van der Waals surface area contributed by atoms with Crippen molar-refractivity contribution in [2.75, 3.05) is 27.2 Å². The molecule has 0 radical (unpaired) electrons.